The second-order valence-electron chi connectivity index (χ2n) is 7.01. The van der Waals surface area contributed by atoms with Crippen LogP contribution in [0.15, 0.2) is 46.2 Å². The van der Waals surface area contributed by atoms with Crippen LogP contribution >= 0.6 is 34.4 Å². The summed E-state index contributed by atoms with van der Waals surface area (Å²) < 4.78 is 2.13. The number of anilines is 2. The van der Waals surface area contributed by atoms with Crippen LogP contribution in [0.2, 0.25) is 0 Å². The van der Waals surface area contributed by atoms with E-state index in [4.69, 9.17) is 4.98 Å². The molecule has 0 aliphatic heterocycles. The molecule has 160 valence electrons. The first kappa shape index (κ1) is 21.7. The van der Waals surface area contributed by atoms with Crippen LogP contribution < -0.4 is 4.90 Å². The van der Waals surface area contributed by atoms with Crippen molar-refractivity contribution in [2.75, 3.05) is 4.90 Å². The lowest BCUT2D eigenvalue weighted by atomic mass is 10.1. The molecule has 31 heavy (non-hydrogen) atoms. The number of nitrogens with zero attached hydrogens (tertiary/aromatic N) is 5. The molecule has 1 amide bonds. The van der Waals surface area contributed by atoms with Crippen LogP contribution in [0.4, 0.5) is 10.8 Å². The lowest BCUT2D eigenvalue weighted by Crippen LogP contribution is -2.23. The summed E-state index contributed by atoms with van der Waals surface area (Å²) in [5.74, 6) is 1.52. The van der Waals surface area contributed by atoms with Crippen LogP contribution in [0.25, 0.3) is 10.7 Å². The summed E-state index contributed by atoms with van der Waals surface area (Å²) in [4.78, 5) is 20.0. The van der Waals surface area contributed by atoms with Gasteiger partial charge < -0.3 is 4.57 Å². The van der Waals surface area contributed by atoms with E-state index < -0.39 is 0 Å². The maximum atomic E-state index is 12.5. The molecule has 0 fully saturated rings. The molecule has 0 aliphatic carbocycles. The highest BCUT2D eigenvalue weighted by Gasteiger charge is 2.21. The van der Waals surface area contributed by atoms with Gasteiger partial charge in [0.15, 0.2) is 16.1 Å². The topological polar surface area (TPSA) is 63.9 Å². The normalized spacial score (nSPS) is 11.1. The molecule has 0 N–H and O–H groups in total. The smallest absolute Gasteiger partial charge is 0.230 e. The molecule has 6 nitrogen and oxygen atoms in total. The molecule has 1 aromatic carbocycles. The van der Waals surface area contributed by atoms with Gasteiger partial charge in [0, 0.05) is 24.6 Å². The predicted molar refractivity (Wildman–Crippen MR) is 129 cm³/mol. The fourth-order valence-corrected chi connectivity index (χ4v) is 5.85. The first-order valence-corrected chi connectivity index (χ1v) is 12.6. The molecule has 4 rings (SSSR count). The first-order valence-electron chi connectivity index (χ1n) is 9.90. The molecule has 4 aromatic rings. The van der Waals surface area contributed by atoms with E-state index in [9.17, 15) is 4.79 Å². The number of rotatable bonds is 7. The Morgan fingerprint density at radius 3 is 2.71 bits per heavy atom. The Labute approximate surface area is 194 Å². The summed E-state index contributed by atoms with van der Waals surface area (Å²) in [7, 11) is 0. The van der Waals surface area contributed by atoms with Gasteiger partial charge in [-0.25, -0.2) is 4.98 Å². The third-order valence-electron chi connectivity index (χ3n) is 4.99. The molecule has 0 saturated carbocycles. The number of aromatic nitrogens is 4. The molecule has 0 radical (unpaired) electrons. The van der Waals surface area contributed by atoms with Crippen molar-refractivity contribution in [3.63, 3.8) is 0 Å². The van der Waals surface area contributed by atoms with E-state index in [0.29, 0.717) is 10.9 Å². The number of thiophene rings is 1. The van der Waals surface area contributed by atoms with Crippen LogP contribution in [-0.4, -0.2) is 25.7 Å². The minimum Gasteiger partial charge on any atom is -0.302 e. The van der Waals surface area contributed by atoms with E-state index in [-0.39, 0.29) is 5.91 Å². The standard InChI is InChI=1S/C22H23N5OS3/c1-5-26-20(19-10-7-11-29-19)24-25-22(26)31-13-17-12-30-21(23-17)27(16(4)28)18-9-6-8-14(2)15(18)3/h6-12H,5,13H2,1-4H3. The molecule has 0 unspecified atom stereocenters. The number of thiazole rings is 1. The predicted octanol–water partition coefficient (Wildman–Crippen LogP) is 6.08. The monoisotopic (exact) mass is 469 g/mol. The van der Waals surface area contributed by atoms with E-state index in [2.05, 4.69) is 40.7 Å². The van der Waals surface area contributed by atoms with Gasteiger partial charge in [-0.15, -0.1) is 32.9 Å². The van der Waals surface area contributed by atoms with Crippen LogP contribution in [0.3, 0.4) is 0 Å². The molecule has 3 aromatic heterocycles. The number of benzene rings is 1. The third kappa shape index (κ3) is 4.44. The minimum atomic E-state index is -0.0476. The Bertz CT molecular complexity index is 1200. The number of thioether (sulfide) groups is 1. The average Bonchev–Trinajstić information content (AvgIpc) is 3.50. The Morgan fingerprint density at radius 2 is 2.00 bits per heavy atom. The number of hydrogen-bond acceptors (Lipinski definition) is 7. The maximum Gasteiger partial charge on any atom is 0.230 e. The Balaban J connectivity index is 1.54. The SMILES string of the molecule is CCn1c(SCc2csc(N(C(C)=O)c3cccc(C)c3C)n2)nnc1-c1cccs1. The molecule has 0 spiro atoms. The van der Waals surface area contributed by atoms with Gasteiger partial charge in [0.1, 0.15) is 0 Å². The highest BCUT2D eigenvalue weighted by Crippen LogP contribution is 2.34. The maximum absolute atomic E-state index is 12.5. The number of aryl methyl sites for hydroxylation is 1. The second kappa shape index (κ2) is 9.33. The van der Waals surface area contributed by atoms with Crippen LogP contribution in [0, 0.1) is 13.8 Å². The number of carbonyl (C=O) groups is 1. The highest BCUT2D eigenvalue weighted by molar-refractivity contribution is 7.98. The Morgan fingerprint density at radius 1 is 1.16 bits per heavy atom. The molecular formula is C22H23N5OS3. The molecule has 9 heteroatoms. The Kier molecular flexibility index (Phi) is 6.54. The van der Waals surface area contributed by atoms with E-state index in [1.165, 1.54) is 11.3 Å². The van der Waals surface area contributed by atoms with Gasteiger partial charge in [-0.05, 0) is 49.4 Å². The van der Waals surface area contributed by atoms with Crippen molar-refractivity contribution < 1.29 is 4.79 Å². The van der Waals surface area contributed by atoms with E-state index >= 15 is 0 Å². The summed E-state index contributed by atoms with van der Waals surface area (Å²) in [6, 6.07) is 10.1. The summed E-state index contributed by atoms with van der Waals surface area (Å²) in [5.41, 5.74) is 4.04. The van der Waals surface area contributed by atoms with Crippen molar-refractivity contribution in [1.29, 1.82) is 0 Å². The zero-order valence-corrected chi connectivity index (χ0v) is 20.3. The van der Waals surface area contributed by atoms with E-state index in [1.807, 2.05) is 35.9 Å². The van der Waals surface area contributed by atoms with Crippen molar-refractivity contribution in [2.45, 2.75) is 45.1 Å². The lowest BCUT2D eigenvalue weighted by molar-refractivity contribution is -0.115. The summed E-state index contributed by atoms with van der Waals surface area (Å²) >= 11 is 4.76. The van der Waals surface area contributed by atoms with Gasteiger partial charge in [-0.3, -0.25) is 9.69 Å². The molecule has 0 atom stereocenters. The van der Waals surface area contributed by atoms with Gasteiger partial charge in [0.2, 0.25) is 5.91 Å². The summed E-state index contributed by atoms with van der Waals surface area (Å²) in [5, 5.41) is 14.4. The van der Waals surface area contributed by atoms with Gasteiger partial charge in [0.05, 0.1) is 16.3 Å². The molecule has 3 heterocycles. The largest absolute Gasteiger partial charge is 0.302 e. The average molecular weight is 470 g/mol. The lowest BCUT2D eigenvalue weighted by Gasteiger charge is -2.21. The summed E-state index contributed by atoms with van der Waals surface area (Å²) in [6.45, 7) is 8.56. The number of hydrogen-bond donors (Lipinski definition) is 0. The third-order valence-corrected chi connectivity index (χ3v) is 7.73. The van der Waals surface area contributed by atoms with Gasteiger partial charge in [-0.1, -0.05) is 30.0 Å². The number of carbonyl (C=O) groups excluding carboxylic acids is 1. The zero-order chi connectivity index (χ0) is 22.0. The Hall–Kier alpha value is -2.49. The first-order chi connectivity index (χ1) is 15.0. The minimum absolute atomic E-state index is 0.0476. The van der Waals surface area contributed by atoms with E-state index in [0.717, 1.165) is 44.9 Å². The van der Waals surface area contributed by atoms with Gasteiger partial charge in [-0.2, -0.15) is 0 Å². The fourth-order valence-electron chi connectivity index (χ4n) is 3.26. The van der Waals surface area contributed by atoms with Gasteiger partial charge in [0.25, 0.3) is 0 Å². The molecule has 0 aliphatic rings. The summed E-state index contributed by atoms with van der Waals surface area (Å²) in [6.07, 6.45) is 0. The highest BCUT2D eigenvalue weighted by atomic mass is 32.2. The van der Waals surface area contributed by atoms with Crippen molar-refractivity contribution in [2.24, 2.45) is 0 Å². The van der Waals surface area contributed by atoms with E-state index in [1.54, 1.807) is 34.9 Å². The number of amides is 1. The van der Waals surface area contributed by atoms with Gasteiger partial charge >= 0.3 is 0 Å². The van der Waals surface area contributed by atoms with Crippen LogP contribution in [-0.2, 0) is 17.1 Å². The quantitative estimate of drug-likeness (QED) is 0.307. The zero-order valence-electron chi connectivity index (χ0n) is 17.8. The molecule has 0 bridgehead atoms. The van der Waals surface area contributed by atoms with Crippen molar-refractivity contribution in [1.82, 2.24) is 19.7 Å². The molecular weight excluding hydrogens is 446 g/mol. The fraction of sp³-hybridized carbons (Fsp3) is 0.273. The molecule has 0 saturated heterocycles. The van der Waals surface area contributed by atoms with Crippen LogP contribution in [0.1, 0.15) is 30.7 Å². The van der Waals surface area contributed by atoms with Crippen molar-refractivity contribution in [3.8, 4) is 10.7 Å². The van der Waals surface area contributed by atoms with Crippen LogP contribution in [0.5, 0.6) is 0 Å². The van der Waals surface area contributed by atoms with Crippen molar-refractivity contribution >= 4 is 51.2 Å². The second-order valence-corrected chi connectivity index (χ2v) is 9.74. The van der Waals surface area contributed by atoms with Crippen molar-refractivity contribution in [3.05, 3.63) is 57.9 Å².